The van der Waals surface area contributed by atoms with Crippen molar-refractivity contribution in [2.75, 3.05) is 18.2 Å². The average Bonchev–Trinajstić information content (AvgIpc) is 2.48. The molecular weight excluding hydrogens is 266 g/mol. The van der Waals surface area contributed by atoms with Gasteiger partial charge in [-0.2, -0.15) is 0 Å². The summed E-state index contributed by atoms with van der Waals surface area (Å²) in [6.45, 7) is 4.85. The molecule has 0 heterocycles. The zero-order chi connectivity index (χ0) is 14.4. The molecule has 3 heteroatoms. The molecule has 2 nitrogen and oxygen atoms in total. The minimum Gasteiger partial charge on any atom is -0.494 e. The van der Waals surface area contributed by atoms with E-state index in [0.29, 0.717) is 6.61 Å². The Hall–Kier alpha value is -1.61. The SMILES string of the molecule is CCOc1cccc(NC(C)c2ccc(SC)cc2)c1. The van der Waals surface area contributed by atoms with Crippen LogP contribution in [0.3, 0.4) is 0 Å². The normalized spacial score (nSPS) is 11.9. The van der Waals surface area contributed by atoms with E-state index in [4.69, 9.17) is 4.74 Å². The van der Waals surface area contributed by atoms with Crippen molar-refractivity contribution in [3.05, 3.63) is 54.1 Å². The Morgan fingerprint density at radius 1 is 1.15 bits per heavy atom. The maximum Gasteiger partial charge on any atom is 0.121 e. The monoisotopic (exact) mass is 287 g/mol. The van der Waals surface area contributed by atoms with Gasteiger partial charge >= 0.3 is 0 Å². The Morgan fingerprint density at radius 3 is 2.55 bits per heavy atom. The number of ether oxygens (including phenoxy) is 1. The number of rotatable bonds is 6. The van der Waals surface area contributed by atoms with Gasteiger partial charge in [0.25, 0.3) is 0 Å². The summed E-state index contributed by atoms with van der Waals surface area (Å²) in [6.07, 6.45) is 2.09. The molecule has 0 fully saturated rings. The predicted octanol–water partition coefficient (Wildman–Crippen LogP) is 4.98. The highest BCUT2D eigenvalue weighted by Crippen LogP contribution is 2.24. The lowest BCUT2D eigenvalue weighted by atomic mass is 10.1. The Kier molecular flexibility index (Phi) is 5.36. The second-order valence-electron chi connectivity index (χ2n) is 4.60. The lowest BCUT2D eigenvalue weighted by Crippen LogP contribution is -2.06. The molecule has 2 rings (SSSR count). The fourth-order valence-electron chi connectivity index (χ4n) is 2.07. The summed E-state index contributed by atoms with van der Waals surface area (Å²) < 4.78 is 5.52. The molecule has 1 unspecified atom stereocenters. The second kappa shape index (κ2) is 7.25. The van der Waals surface area contributed by atoms with Gasteiger partial charge in [0.2, 0.25) is 0 Å². The summed E-state index contributed by atoms with van der Waals surface area (Å²) in [6, 6.07) is 17.0. The average molecular weight is 287 g/mol. The molecule has 20 heavy (non-hydrogen) atoms. The molecule has 0 saturated carbocycles. The molecule has 0 bridgehead atoms. The van der Waals surface area contributed by atoms with E-state index in [2.05, 4.69) is 48.8 Å². The van der Waals surface area contributed by atoms with E-state index in [1.54, 1.807) is 11.8 Å². The van der Waals surface area contributed by atoms with Crippen LogP contribution in [0.5, 0.6) is 5.75 Å². The summed E-state index contributed by atoms with van der Waals surface area (Å²) in [5.74, 6) is 0.905. The van der Waals surface area contributed by atoms with Gasteiger partial charge in [0.1, 0.15) is 5.75 Å². The number of anilines is 1. The quantitative estimate of drug-likeness (QED) is 0.757. The summed E-state index contributed by atoms with van der Waals surface area (Å²) in [4.78, 5) is 1.29. The standard InChI is InChI=1S/C17H21NOS/c1-4-19-16-7-5-6-15(12-16)18-13(2)14-8-10-17(20-3)11-9-14/h5-13,18H,4H2,1-3H3. The molecule has 0 amide bonds. The van der Waals surface area contributed by atoms with Gasteiger partial charge in [-0.05, 0) is 49.9 Å². The van der Waals surface area contributed by atoms with Gasteiger partial charge in [0.15, 0.2) is 0 Å². The van der Waals surface area contributed by atoms with Crippen LogP contribution < -0.4 is 10.1 Å². The Bertz CT molecular complexity index is 539. The summed E-state index contributed by atoms with van der Waals surface area (Å²) in [5.41, 5.74) is 2.36. The van der Waals surface area contributed by atoms with Gasteiger partial charge in [0.05, 0.1) is 6.61 Å². The van der Waals surface area contributed by atoms with Crippen LogP contribution in [0.4, 0.5) is 5.69 Å². The highest BCUT2D eigenvalue weighted by Gasteiger charge is 2.06. The first-order chi connectivity index (χ1) is 9.72. The molecule has 1 atom stereocenters. The van der Waals surface area contributed by atoms with E-state index in [0.717, 1.165) is 11.4 Å². The zero-order valence-electron chi connectivity index (χ0n) is 12.2. The van der Waals surface area contributed by atoms with Crippen LogP contribution in [-0.2, 0) is 0 Å². The lowest BCUT2D eigenvalue weighted by Gasteiger charge is -2.16. The molecule has 0 aliphatic rings. The van der Waals surface area contributed by atoms with E-state index in [1.165, 1.54) is 10.5 Å². The third kappa shape index (κ3) is 3.94. The van der Waals surface area contributed by atoms with E-state index >= 15 is 0 Å². The van der Waals surface area contributed by atoms with Gasteiger partial charge in [-0.1, -0.05) is 18.2 Å². The molecule has 0 aliphatic carbocycles. The Morgan fingerprint density at radius 2 is 1.90 bits per heavy atom. The highest BCUT2D eigenvalue weighted by atomic mass is 32.2. The van der Waals surface area contributed by atoms with Crippen LogP contribution in [0.25, 0.3) is 0 Å². The third-order valence-electron chi connectivity index (χ3n) is 3.14. The van der Waals surface area contributed by atoms with Crippen LogP contribution in [0, 0.1) is 0 Å². The minimum absolute atomic E-state index is 0.266. The predicted molar refractivity (Wildman–Crippen MR) is 87.9 cm³/mol. The van der Waals surface area contributed by atoms with Crippen molar-refractivity contribution in [1.82, 2.24) is 0 Å². The van der Waals surface area contributed by atoms with Gasteiger partial charge in [-0.3, -0.25) is 0 Å². The van der Waals surface area contributed by atoms with Crippen molar-refractivity contribution in [1.29, 1.82) is 0 Å². The Balaban J connectivity index is 2.06. The smallest absolute Gasteiger partial charge is 0.121 e. The first-order valence-corrected chi connectivity index (χ1v) is 8.08. The van der Waals surface area contributed by atoms with Gasteiger partial charge < -0.3 is 10.1 Å². The van der Waals surface area contributed by atoms with Crippen molar-refractivity contribution in [3.8, 4) is 5.75 Å². The second-order valence-corrected chi connectivity index (χ2v) is 5.48. The molecule has 0 aliphatic heterocycles. The molecule has 0 spiro atoms. The first-order valence-electron chi connectivity index (χ1n) is 6.86. The van der Waals surface area contributed by atoms with E-state index in [9.17, 15) is 0 Å². The summed E-state index contributed by atoms with van der Waals surface area (Å²) in [5, 5.41) is 3.51. The molecule has 1 N–H and O–H groups in total. The van der Waals surface area contributed by atoms with Gasteiger partial charge in [-0.15, -0.1) is 11.8 Å². The van der Waals surface area contributed by atoms with Crippen molar-refractivity contribution in [2.24, 2.45) is 0 Å². The molecular formula is C17H21NOS. The minimum atomic E-state index is 0.266. The van der Waals surface area contributed by atoms with Crippen molar-refractivity contribution >= 4 is 17.4 Å². The van der Waals surface area contributed by atoms with Gasteiger partial charge in [0, 0.05) is 22.7 Å². The largest absolute Gasteiger partial charge is 0.494 e. The summed E-state index contributed by atoms with van der Waals surface area (Å²) >= 11 is 1.76. The van der Waals surface area contributed by atoms with Crippen LogP contribution in [0.1, 0.15) is 25.5 Å². The van der Waals surface area contributed by atoms with Crippen LogP contribution in [0.15, 0.2) is 53.4 Å². The fourth-order valence-corrected chi connectivity index (χ4v) is 2.48. The topological polar surface area (TPSA) is 21.3 Å². The Labute approximate surface area is 125 Å². The molecule has 0 aromatic heterocycles. The number of hydrogen-bond acceptors (Lipinski definition) is 3. The number of thioether (sulfide) groups is 1. The third-order valence-corrected chi connectivity index (χ3v) is 3.89. The number of hydrogen-bond donors (Lipinski definition) is 1. The number of benzene rings is 2. The molecule has 0 saturated heterocycles. The lowest BCUT2D eigenvalue weighted by molar-refractivity contribution is 0.340. The van der Waals surface area contributed by atoms with Crippen LogP contribution in [0.2, 0.25) is 0 Å². The number of nitrogens with one attached hydrogen (secondary N) is 1. The van der Waals surface area contributed by atoms with Crippen molar-refractivity contribution in [3.63, 3.8) is 0 Å². The maximum absolute atomic E-state index is 5.52. The van der Waals surface area contributed by atoms with Gasteiger partial charge in [-0.25, -0.2) is 0 Å². The highest BCUT2D eigenvalue weighted by molar-refractivity contribution is 7.98. The molecule has 2 aromatic carbocycles. The molecule has 106 valence electrons. The van der Waals surface area contributed by atoms with Crippen LogP contribution >= 0.6 is 11.8 Å². The van der Waals surface area contributed by atoms with E-state index in [-0.39, 0.29) is 6.04 Å². The van der Waals surface area contributed by atoms with E-state index < -0.39 is 0 Å². The van der Waals surface area contributed by atoms with Crippen LogP contribution in [-0.4, -0.2) is 12.9 Å². The zero-order valence-corrected chi connectivity index (χ0v) is 13.0. The van der Waals surface area contributed by atoms with Crippen molar-refractivity contribution < 1.29 is 4.74 Å². The van der Waals surface area contributed by atoms with E-state index in [1.807, 2.05) is 25.1 Å². The van der Waals surface area contributed by atoms with Crippen molar-refractivity contribution in [2.45, 2.75) is 24.8 Å². The summed E-state index contributed by atoms with van der Waals surface area (Å²) in [7, 11) is 0. The maximum atomic E-state index is 5.52. The first kappa shape index (κ1) is 14.8. The fraction of sp³-hybridized carbons (Fsp3) is 0.294. The molecule has 0 radical (unpaired) electrons. The molecule has 2 aromatic rings.